The topological polar surface area (TPSA) is 119 Å². The molecule has 6 rings (SSSR count). The lowest BCUT2D eigenvalue weighted by Gasteiger charge is -2.36. The summed E-state index contributed by atoms with van der Waals surface area (Å²) in [5.74, 6) is -2.21. The number of nitrogens with one attached hydrogen (secondary N) is 2. The van der Waals surface area contributed by atoms with Crippen molar-refractivity contribution in [2.24, 2.45) is 0 Å². The lowest BCUT2D eigenvalue weighted by Crippen LogP contribution is -2.55. The Labute approximate surface area is 234 Å². The number of imidazole rings is 1. The number of urea groups is 1. The molecular weight excluding hydrogens is 532 g/mol. The largest absolute Gasteiger partial charge is 0.371 e. The highest BCUT2D eigenvalue weighted by Crippen LogP contribution is 2.33. The highest BCUT2D eigenvalue weighted by molar-refractivity contribution is 5.75. The lowest BCUT2D eigenvalue weighted by molar-refractivity contribution is 0.116. The first-order valence-electron chi connectivity index (χ1n) is 13.8. The third-order valence-corrected chi connectivity index (χ3v) is 8.25. The zero-order valence-electron chi connectivity index (χ0n) is 22.3. The minimum atomic E-state index is -1.10. The van der Waals surface area contributed by atoms with Gasteiger partial charge in [0.25, 0.3) is 0 Å². The van der Waals surface area contributed by atoms with Crippen LogP contribution in [0.15, 0.2) is 65.8 Å². The number of carbonyl (C=O) groups excluding carboxylic acids is 1. The summed E-state index contributed by atoms with van der Waals surface area (Å²) < 4.78 is 30.6. The normalized spacial score (nSPS) is 22.1. The van der Waals surface area contributed by atoms with Crippen molar-refractivity contribution >= 4 is 22.9 Å². The Bertz CT molecular complexity index is 1590. The second-order valence-electron chi connectivity index (χ2n) is 10.6. The fourth-order valence-electron chi connectivity index (χ4n) is 6.11. The number of aromatic nitrogens is 4. The van der Waals surface area contributed by atoms with Crippen LogP contribution in [0.2, 0.25) is 0 Å². The summed E-state index contributed by atoms with van der Waals surface area (Å²) >= 11 is 0. The Hall–Kier alpha value is -4.32. The van der Waals surface area contributed by atoms with Crippen LogP contribution in [-0.2, 0) is 0 Å². The van der Waals surface area contributed by atoms with Crippen LogP contribution in [0, 0.1) is 11.6 Å². The number of nitrogens with zero attached hydrogens (tertiary/aromatic N) is 5. The van der Waals surface area contributed by atoms with E-state index in [1.54, 1.807) is 57.2 Å². The number of halogens is 2. The van der Waals surface area contributed by atoms with E-state index in [0.717, 1.165) is 11.6 Å². The number of hydrogen-bond donors (Lipinski definition) is 3. The fourth-order valence-corrected chi connectivity index (χ4v) is 6.11. The van der Waals surface area contributed by atoms with Crippen molar-refractivity contribution in [2.75, 3.05) is 24.5 Å². The van der Waals surface area contributed by atoms with E-state index in [0.29, 0.717) is 50.1 Å². The molecule has 1 aromatic carbocycles. The average molecular weight is 564 g/mol. The van der Waals surface area contributed by atoms with Gasteiger partial charge in [-0.25, -0.2) is 23.4 Å². The number of piperidine rings is 1. The minimum Gasteiger partial charge on any atom is -0.371 e. The lowest BCUT2D eigenvalue weighted by atomic mass is 9.93. The van der Waals surface area contributed by atoms with Gasteiger partial charge in [0.1, 0.15) is 6.23 Å². The zero-order chi connectivity index (χ0) is 28.5. The molecule has 2 amide bonds. The predicted molar refractivity (Wildman–Crippen MR) is 148 cm³/mol. The summed E-state index contributed by atoms with van der Waals surface area (Å²) in [6.45, 7) is 1.10. The second-order valence-corrected chi connectivity index (χ2v) is 10.6. The number of aliphatic hydroxyl groups is 1. The van der Waals surface area contributed by atoms with Crippen LogP contribution in [-0.4, -0.2) is 67.5 Å². The molecule has 0 radical (unpaired) electrons. The highest BCUT2D eigenvalue weighted by atomic mass is 19.2. The Kier molecular flexibility index (Phi) is 7.39. The molecule has 10 nitrogen and oxygen atoms in total. The smallest absolute Gasteiger partial charge is 0.327 e. The molecule has 0 spiro atoms. The molecule has 3 N–H and O–H groups in total. The van der Waals surface area contributed by atoms with Crippen molar-refractivity contribution in [1.82, 2.24) is 29.7 Å². The number of carbonyl (C=O) groups is 1. The summed E-state index contributed by atoms with van der Waals surface area (Å²) in [4.78, 5) is 40.4. The summed E-state index contributed by atoms with van der Waals surface area (Å²) in [5, 5.41) is 14.4. The van der Waals surface area contributed by atoms with Gasteiger partial charge in [0, 0.05) is 55.9 Å². The van der Waals surface area contributed by atoms with E-state index in [4.69, 9.17) is 0 Å². The van der Waals surface area contributed by atoms with E-state index in [-0.39, 0.29) is 29.9 Å². The van der Waals surface area contributed by atoms with E-state index in [1.807, 2.05) is 6.07 Å². The van der Waals surface area contributed by atoms with Crippen molar-refractivity contribution < 1.29 is 18.7 Å². The van der Waals surface area contributed by atoms with Crippen molar-refractivity contribution in [1.29, 1.82) is 0 Å². The van der Waals surface area contributed by atoms with Crippen molar-refractivity contribution in [3.8, 4) is 0 Å². The Balaban J connectivity index is 1.17. The van der Waals surface area contributed by atoms with Gasteiger partial charge in [-0.15, -0.1) is 0 Å². The van der Waals surface area contributed by atoms with Crippen molar-refractivity contribution in [3.63, 3.8) is 0 Å². The SMILES string of the molecule is O=C(N[C@@H]1CC[C@@H](c2cccc(F)c2F)CN(c2ccncc2)C1O)N1CCC(n2c(=O)[nH]c3ncccc32)CC1. The number of pyridine rings is 2. The third-order valence-electron chi connectivity index (χ3n) is 8.25. The quantitative estimate of drug-likeness (QED) is 0.350. The molecule has 4 aromatic rings. The highest BCUT2D eigenvalue weighted by Gasteiger charge is 2.36. The molecule has 1 unspecified atom stereocenters. The maximum atomic E-state index is 14.8. The first kappa shape index (κ1) is 26.9. The molecule has 214 valence electrons. The molecule has 2 saturated heterocycles. The van der Waals surface area contributed by atoms with Crippen LogP contribution in [0.4, 0.5) is 19.3 Å². The molecule has 0 bridgehead atoms. The molecule has 0 saturated carbocycles. The number of H-pyrrole nitrogens is 1. The summed E-state index contributed by atoms with van der Waals surface area (Å²) in [6, 6.07) is 10.2. The second kappa shape index (κ2) is 11.3. The molecule has 2 fully saturated rings. The van der Waals surface area contributed by atoms with E-state index in [1.165, 1.54) is 6.07 Å². The maximum absolute atomic E-state index is 14.8. The van der Waals surface area contributed by atoms with Gasteiger partial charge in [-0.3, -0.25) is 14.5 Å². The van der Waals surface area contributed by atoms with Crippen LogP contribution in [0.5, 0.6) is 0 Å². The van der Waals surface area contributed by atoms with E-state index < -0.39 is 29.8 Å². The van der Waals surface area contributed by atoms with Crippen LogP contribution in [0.3, 0.4) is 0 Å². The van der Waals surface area contributed by atoms with Gasteiger partial charge < -0.3 is 20.2 Å². The van der Waals surface area contributed by atoms with E-state index in [2.05, 4.69) is 20.3 Å². The molecule has 0 aliphatic carbocycles. The van der Waals surface area contributed by atoms with Gasteiger partial charge in [0.15, 0.2) is 17.3 Å². The molecular formula is C29H31F2N7O3. The molecule has 12 heteroatoms. The Morgan fingerprint density at radius 2 is 1.78 bits per heavy atom. The number of benzene rings is 1. The monoisotopic (exact) mass is 563 g/mol. The van der Waals surface area contributed by atoms with Gasteiger partial charge in [0.05, 0.1) is 11.6 Å². The van der Waals surface area contributed by atoms with Crippen LogP contribution >= 0.6 is 0 Å². The first-order chi connectivity index (χ1) is 19.9. The molecule has 3 atom stereocenters. The number of amides is 2. The number of hydrogen-bond acceptors (Lipinski definition) is 6. The molecule has 41 heavy (non-hydrogen) atoms. The zero-order valence-corrected chi connectivity index (χ0v) is 22.3. The molecule has 2 aliphatic heterocycles. The van der Waals surface area contributed by atoms with Crippen molar-refractivity contribution in [3.05, 3.63) is 88.7 Å². The number of rotatable bonds is 4. The first-order valence-corrected chi connectivity index (χ1v) is 13.8. The predicted octanol–water partition coefficient (Wildman–Crippen LogP) is 3.52. The Morgan fingerprint density at radius 3 is 2.56 bits per heavy atom. The van der Waals surface area contributed by atoms with Crippen molar-refractivity contribution in [2.45, 2.75) is 49.9 Å². The maximum Gasteiger partial charge on any atom is 0.327 e. The molecule has 2 aliphatic rings. The average Bonchev–Trinajstić information content (AvgIpc) is 3.25. The van der Waals surface area contributed by atoms with Gasteiger partial charge >= 0.3 is 11.7 Å². The Morgan fingerprint density at radius 1 is 1.00 bits per heavy atom. The third kappa shape index (κ3) is 5.26. The summed E-state index contributed by atoms with van der Waals surface area (Å²) in [7, 11) is 0. The van der Waals surface area contributed by atoms with E-state index in [9.17, 15) is 23.5 Å². The number of aliphatic hydroxyl groups excluding tert-OH is 1. The van der Waals surface area contributed by atoms with Gasteiger partial charge in [0.2, 0.25) is 0 Å². The minimum absolute atomic E-state index is 0.0722. The molecule has 5 heterocycles. The summed E-state index contributed by atoms with van der Waals surface area (Å²) in [5.41, 5.74) is 1.96. The fraction of sp³-hybridized carbons (Fsp3) is 0.379. The van der Waals surface area contributed by atoms with Crippen LogP contribution in [0.1, 0.15) is 43.2 Å². The molecule has 3 aromatic heterocycles. The van der Waals surface area contributed by atoms with E-state index >= 15 is 0 Å². The number of fused-ring (bicyclic) bond motifs is 1. The van der Waals surface area contributed by atoms with Gasteiger partial charge in [-0.05, 0) is 61.6 Å². The van der Waals surface area contributed by atoms with Gasteiger partial charge in [-0.2, -0.15) is 0 Å². The van der Waals surface area contributed by atoms with Crippen LogP contribution in [0.25, 0.3) is 11.2 Å². The van der Waals surface area contributed by atoms with Crippen LogP contribution < -0.4 is 15.9 Å². The number of anilines is 1. The van der Waals surface area contributed by atoms with Gasteiger partial charge in [-0.1, -0.05) is 12.1 Å². The summed E-state index contributed by atoms with van der Waals surface area (Å²) in [6.07, 6.45) is 5.70. The number of likely N-dealkylation sites (tertiary alicyclic amines) is 1. The standard InChI is InChI=1S/C29H31F2N7O3/c30-22-4-1-3-21(25(22)31)18-6-7-23(27(39)37(17-18)19-8-13-32-14-9-19)34-28(40)36-15-10-20(11-16-36)38-24-5-2-12-33-26(24)35-29(38)41/h1-5,8-9,12-14,18,20,23,27,39H,6-7,10-11,15-17H2,(H,34,40)(H,33,35,41)/t18-,23-,27?/m1/s1. The number of aromatic amines is 1.